The molecule has 0 amide bonds. The first-order chi connectivity index (χ1) is 10.2. The van der Waals surface area contributed by atoms with Crippen LogP contribution in [0.3, 0.4) is 0 Å². The van der Waals surface area contributed by atoms with Gasteiger partial charge in [0.25, 0.3) is 0 Å². The van der Waals surface area contributed by atoms with Crippen LogP contribution in [0.4, 0.5) is 0 Å². The minimum absolute atomic E-state index is 0.310. The van der Waals surface area contributed by atoms with E-state index in [1.54, 1.807) is 43.5 Å². The van der Waals surface area contributed by atoms with Crippen LogP contribution in [0.25, 0.3) is 17.1 Å². The van der Waals surface area contributed by atoms with E-state index in [-0.39, 0.29) is 5.69 Å². The molecule has 3 rings (SSSR count). The molecule has 1 N–H and O–H groups in total. The monoisotopic (exact) mass is 301 g/mol. The molecule has 0 aliphatic rings. The average molecular weight is 302 g/mol. The van der Waals surface area contributed by atoms with Crippen molar-refractivity contribution >= 4 is 11.6 Å². The highest BCUT2D eigenvalue weighted by Gasteiger charge is 2.09. The average Bonchev–Trinajstić information content (AvgIpc) is 2.89. The normalized spacial score (nSPS) is 10.6. The first-order valence-corrected chi connectivity index (χ1v) is 6.65. The molecule has 0 atom stereocenters. The van der Waals surface area contributed by atoms with E-state index in [1.807, 2.05) is 12.1 Å². The number of aromatic nitrogens is 3. The molecular formula is C15H12ClN3O2. The van der Waals surface area contributed by atoms with Crippen molar-refractivity contribution in [2.45, 2.75) is 0 Å². The van der Waals surface area contributed by atoms with Crippen LogP contribution in [-0.2, 0) is 0 Å². The van der Waals surface area contributed by atoms with Gasteiger partial charge in [0.1, 0.15) is 5.75 Å². The molecule has 0 unspecified atom stereocenters. The van der Waals surface area contributed by atoms with E-state index in [9.17, 15) is 4.79 Å². The Balaban J connectivity index is 2.03. The smallest absolute Gasteiger partial charge is 0.348 e. The third kappa shape index (κ3) is 2.68. The van der Waals surface area contributed by atoms with Gasteiger partial charge in [0, 0.05) is 10.6 Å². The molecule has 1 aromatic heterocycles. The van der Waals surface area contributed by atoms with Crippen LogP contribution < -0.4 is 10.4 Å². The van der Waals surface area contributed by atoms with Crippen LogP contribution in [0, 0.1) is 0 Å². The lowest BCUT2D eigenvalue weighted by molar-refractivity contribution is 0.414. The van der Waals surface area contributed by atoms with E-state index in [0.717, 1.165) is 11.3 Å². The van der Waals surface area contributed by atoms with Gasteiger partial charge in [0.2, 0.25) is 0 Å². The summed E-state index contributed by atoms with van der Waals surface area (Å²) in [6.45, 7) is 0. The van der Waals surface area contributed by atoms with Crippen LogP contribution in [-0.4, -0.2) is 21.9 Å². The maximum Gasteiger partial charge on any atom is 0.348 e. The molecule has 2 aromatic carbocycles. The van der Waals surface area contributed by atoms with E-state index in [4.69, 9.17) is 16.3 Å². The van der Waals surface area contributed by atoms with Gasteiger partial charge in [0.05, 0.1) is 12.8 Å². The Bertz CT molecular complexity index is 821. The molecule has 0 saturated heterocycles. The number of H-pyrrole nitrogens is 1. The topological polar surface area (TPSA) is 59.9 Å². The summed E-state index contributed by atoms with van der Waals surface area (Å²) in [5.74, 6) is 1.19. The lowest BCUT2D eigenvalue weighted by atomic mass is 10.2. The van der Waals surface area contributed by atoms with Gasteiger partial charge in [-0.25, -0.2) is 4.79 Å². The number of aromatic amines is 1. The molecule has 6 heteroatoms. The number of methoxy groups -OCH3 is 1. The van der Waals surface area contributed by atoms with Crippen molar-refractivity contribution in [2.24, 2.45) is 0 Å². The fourth-order valence-electron chi connectivity index (χ4n) is 1.99. The summed E-state index contributed by atoms with van der Waals surface area (Å²) in [6, 6.07) is 14.2. The Morgan fingerprint density at radius 2 is 1.95 bits per heavy atom. The summed E-state index contributed by atoms with van der Waals surface area (Å²) in [7, 11) is 1.59. The molecule has 0 aliphatic heterocycles. The maximum absolute atomic E-state index is 12.0. The van der Waals surface area contributed by atoms with E-state index in [1.165, 1.54) is 4.68 Å². The molecule has 0 saturated carbocycles. The molecule has 0 fully saturated rings. The standard InChI is InChI=1S/C15H12ClN3O2/c1-21-13-7-5-12(6-8-13)19-15(20)17-14(18-19)10-3-2-4-11(16)9-10/h2-9H,1H3,(H,17,18,20). The third-order valence-corrected chi connectivity index (χ3v) is 3.27. The molecule has 3 aromatic rings. The largest absolute Gasteiger partial charge is 0.497 e. The number of nitrogens with one attached hydrogen (secondary N) is 1. The Kier molecular flexibility index (Phi) is 3.50. The summed E-state index contributed by atoms with van der Waals surface area (Å²) >= 11 is 5.95. The summed E-state index contributed by atoms with van der Waals surface area (Å²) in [5.41, 5.74) is 1.10. The molecule has 0 aliphatic carbocycles. The molecule has 106 valence electrons. The molecule has 5 nitrogen and oxygen atoms in total. The van der Waals surface area contributed by atoms with Gasteiger partial charge in [-0.3, -0.25) is 4.98 Å². The van der Waals surface area contributed by atoms with Crippen molar-refractivity contribution in [3.63, 3.8) is 0 Å². The van der Waals surface area contributed by atoms with Crippen LogP contribution in [0.1, 0.15) is 0 Å². The van der Waals surface area contributed by atoms with Gasteiger partial charge >= 0.3 is 5.69 Å². The van der Waals surface area contributed by atoms with Gasteiger partial charge in [0.15, 0.2) is 5.82 Å². The van der Waals surface area contributed by atoms with Gasteiger partial charge in [-0.1, -0.05) is 23.7 Å². The summed E-state index contributed by atoms with van der Waals surface area (Å²) in [4.78, 5) is 14.8. The SMILES string of the molecule is COc1ccc(-n2nc(-c3cccc(Cl)c3)[nH]c2=O)cc1. The number of hydrogen-bond acceptors (Lipinski definition) is 3. The number of rotatable bonds is 3. The van der Waals surface area contributed by atoms with Crippen molar-refractivity contribution in [2.75, 3.05) is 7.11 Å². The van der Waals surface area contributed by atoms with Gasteiger partial charge in [-0.15, -0.1) is 5.10 Å². The number of ether oxygens (including phenoxy) is 1. The van der Waals surface area contributed by atoms with Crippen molar-refractivity contribution in [1.82, 2.24) is 14.8 Å². The summed E-state index contributed by atoms with van der Waals surface area (Å²) < 4.78 is 6.39. The summed E-state index contributed by atoms with van der Waals surface area (Å²) in [5, 5.41) is 4.89. The Hall–Kier alpha value is -2.53. The Labute approximate surface area is 125 Å². The van der Waals surface area contributed by atoms with E-state index in [2.05, 4.69) is 10.1 Å². The minimum Gasteiger partial charge on any atom is -0.497 e. The van der Waals surface area contributed by atoms with E-state index in [0.29, 0.717) is 16.5 Å². The van der Waals surface area contributed by atoms with Crippen molar-refractivity contribution in [3.05, 3.63) is 64.0 Å². The number of nitrogens with zero attached hydrogens (tertiary/aromatic N) is 2. The second-order valence-corrected chi connectivity index (χ2v) is 4.84. The molecule has 0 bridgehead atoms. The second-order valence-electron chi connectivity index (χ2n) is 4.40. The van der Waals surface area contributed by atoms with Crippen LogP contribution >= 0.6 is 11.6 Å². The van der Waals surface area contributed by atoms with E-state index < -0.39 is 0 Å². The zero-order valence-electron chi connectivity index (χ0n) is 11.2. The summed E-state index contributed by atoms with van der Waals surface area (Å²) in [6.07, 6.45) is 0. The fraction of sp³-hybridized carbons (Fsp3) is 0.0667. The van der Waals surface area contributed by atoms with E-state index >= 15 is 0 Å². The Morgan fingerprint density at radius 3 is 2.62 bits per heavy atom. The first-order valence-electron chi connectivity index (χ1n) is 6.27. The fourth-order valence-corrected chi connectivity index (χ4v) is 2.18. The van der Waals surface area contributed by atoms with Crippen molar-refractivity contribution < 1.29 is 4.74 Å². The minimum atomic E-state index is -0.310. The third-order valence-electron chi connectivity index (χ3n) is 3.03. The highest BCUT2D eigenvalue weighted by Crippen LogP contribution is 2.19. The highest BCUT2D eigenvalue weighted by atomic mass is 35.5. The molecule has 0 spiro atoms. The number of benzene rings is 2. The predicted octanol–water partition coefficient (Wildman–Crippen LogP) is 2.89. The zero-order chi connectivity index (χ0) is 14.8. The Morgan fingerprint density at radius 1 is 1.19 bits per heavy atom. The van der Waals surface area contributed by atoms with Crippen LogP contribution in [0.2, 0.25) is 5.02 Å². The lowest BCUT2D eigenvalue weighted by Crippen LogP contribution is -2.15. The van der Waals surface area contributed by atoms with Crippen molar-refractivity contribution in [1.29, 1.82) is 0 Å². The lowest BCUT2D eigenvalue weighted by Gasteiger charge is -2.02. The zero-order valence-corrected chi connectivity index (χ0v) is 12.0. The molecular weight excluding hydrogens is 290 g/mol. The molecule has 1 heterocycles. The molecule has 0 radical (unpaired) electrons. The van der Waals surface area contributed by atoms with Gasteiger partial charge in [-0.05, 0) is 36.4 Å². The van der Waals surface area contributed by atoms with Crippen LogP contribution in [0.15, 0.2) is 53.3 Å². The predicted molar refractivity (Wildman–Crippen MR) is 81.2 cm³/mol. The maximum atomic E-state index is 12.0. The first kappa shape index (κ1) is 13.5. The van der Waals surface area contributed by atoms with Gasteiger partial charge in [-0.2, -0.15) is 4.68 Å². The number of halogens is 1. The quantitative estimate of drug-likeness (QED) is 0.809. The molecule has 21 heavy (non-hydrogen) atoms. The highest BCUT2D eigenvalue weighted by molar-refractivity contribution is 6.30. The second kappa shape index (κ2) is 5.46. The van der Waals surface area contributed by atoms with Gasteiger partial charge < -0.3 is 4.74 Å². The van der Waals surface area contributed by atoms with Crippen molar-refractivity contribution in [3.8, 4) is 22.8 Å². The van der Waals surface area contributed by atoms with Crippen LogP contribution in [0.5, 0.6) is 5.75 Å². The number of hydrogen-bond donors (Lipinski definition) is 1.